The summed E-state index contributed by atoms with van der Waals surface area (Å²) in [6.07, 6.45) is 2.88. The molecule has 0 aliphatic heterocycles. The molecule has 0 saturated carbocycles. The van der Waals surface area contributed by atoms with Crippen LogP contribution in [0.3, 0.4) is 0 Å². The number of rotatable bonds is 2. The Balaban J connectivity index is 0.000000258. The van der Waals surface area contributed by atoms with Gasteiger partial charge in [-0.15, -0.1) is 0 Å². The summed E-state index contributed by atoms with van der Waals surface area (Å²) in [5, 5.41) is 0. The molecule has 0 bridgehead atoms. The van der Waals surface area contributed by atoms with Crippen molar-refractivity contribution < 1.29 is 4.79 Å². The van der Waals surface area contributed by atoms with Gasteiger partial charge >= 0.3 is 5.69 Å². The highest BCUT2D eigenvalue weighted by Crippen LogP contribution is 2.00. The molecule has 0 spiro atoms. The van der Waals surface area contributed by atoms with E-state index in [0.29, 0.717) is 29.8 Å². The molecule has 2 rings (SSSR count). The lowest BCUT2D eigenvalue weighted by Crippen LogP contribution is -2.28. The molecule has 19 heavy (non-hydrogen) atoms. The van der Waals surface area contributed by atoms with Crippen LogP contribution in [-0.4, -0.2) is 24.9 Å². The zero-order chi connectivity index (χ0) is 14.6. The summed E-state index contributed by atoms with van der Waals surface area (Å²) in [7, 11) is 3.27. The monoisotopic (exact) mass is 266 g/mol. The van der Waals surface area contributed by atoms with Gasteiger partial charge in [-0.05, 0) is 0 Å². The van der Waals surface area contributed by atoms with Crippen molar-refractivity contribution in [2.24, 2.45) is 14.1 Å². The number of imidazole rings is 1. The Morgan fingerprint density at radius 1 is 1.26 bits per heavy atom. The van der Waals surface area contributed by atoms with Crippen LogP contribution in [0.15, 0.2) is 15.9 Å². The van der Waals surface area contributed by atoms with Crippen molar-refractivity contribution >= 4 is 16.9 Å². The molecule has 2 heterocycles. The molecule has 104 valence electrons. The number of fused-ring (bicyclic) bond motifs is 1. The van der Waals surface area contributed by atoms with Gasteiger partial charge in [0.05, 0.1) is 6.33 Å². The van der Waals surface area contributed by atoms with Gasteiger partial charge in [-0.1, -0.05) is 13.8 Å². The number of nitrogens with zero attached hydrogens (tertiary/aromatic N) is 3. The normalized spacial score (nSPS) is 10.1. The molecular formula is C12H18N4O3. The third kappa shape index (κ3) is 3.18. The summed E-state index contributed by atoms with van der Waals surface area (Å²) in [6, 6.07) is 0. The first-order valence-electron chi connectivity index (χ1n) is 6.04. The van der Waals surface area contributed by atoms with Crippen LogP contribution in [0.1, 0.15) is 26.7 Å². The number of aryl methyl sites for hydroxylation is 2. The van der Waals surface area contributed by atoms with Crippen molar-refractivity contribution in [3.8, 4) is 0 Å². The Morgan fingerprint density at radius 2 is 1.84 bits per heavy atom. The van der Waals surface area contributed by atoms with E-state index in [1.165, 1.54) is 10.9 Å². The standard InChI is InChI=1S/C7H8N4O2.C5H10O/c1-10-3-8-5-4(10)6(12)9-7(13)11(5)2;1-3-5(6)4-2/h3H,1-2H3,(H,9,12,13);3-4H2,1-2H3. The summed E-state index contributed by atoms with van der Waals surface area (Å²) < 4.78 is 2.88. The van der Waals surface area contributed by atoms with Gasteiger partial charge in [0.1, 0.15) is 5.78 Å². The minimum atomic E-state index is -0.448. The summed E-state index contributed by atoms with van der Waals surface area (Å²) in [5.41, 5.74) is -0.0485. The predicted molar refractivity (Wildman–Crippen MR) is 72.2 cm³/mol. The summed E-state index contributed by atoms with van der Waals surface area (Å²) in [5.74, 6) is 0.343. The first-order chi connectivity index (χ1) is 8.92. The van der Waals surface area contributed by atoms with Crippen LogP contribution in [-0.2, 0) is 18.9 Å². The van der Waals surface area contributed by atoms with Crippen molar-refractivity contribution in [1.82, 2.24) is 19.1 Å². The first-order valence-corrected chi connectivity index (χ1v) is 6.04. The van der Waals surface area contributed by atoms with Gasteiger partial charge in [-0.3, -0.25) is 19.1 Å². The molecule has 0 aliphatic rings. The molecule has 0 saturated heterocycles. The van der Waals surface area contributed by atoms with Gasteiger partial charge < -0.3 is 4.57 Å². The molecule has 0 aliphatic carbocycles. The van der Waals surface area contributed by atoms with Gasteiger partial charge in [-0.2, -0.15) is 0 Å². The highest BCUT2D eigenvalue weighted by Gasteiger charge is 2.08. The molecule has 0 aromatic carbocycles. The van der Waals surface area contributed by atoms with Crippen molar-refractivity contribution in [1.29, 1.82) is 0 Å². The second-order valence-electron chi connectivity index (χ2n) is 4.09. The number of carbonyl (C=O) groups is 1. The molecule has 0 unspecified atom stereocenters. The van der Waals surface area contributed by atoms with E-state index in [0.717, 1.165) is 0 Å². The predicted octanol–water partition coefficient (Wildman–Crippen LogP) is 0.336. The maximum Gasteiger partial charge on any atom is 0.329 e. The maximum atomic E-state index is 11.3. The summed E-state index contributed by atoms with van der Waals surface area (Å²) in [4.78, 5) is 38.8. The van der Waals surface area contributed by atoms with E-state index in [2.05, 4.69) is 9.97 Å². The average molecular weight is 266 g/mol. The highest BCUT2D eigenvalue weighted by molar-refractivity contribution is 5.77. The van der Waals surface area contributed by atoms with Crippen LogP contribution < -0.4 is 11.2 Å². The third-order valence-electron chi connectivity index (χ3n) is 2.76. The van der Waals surface area contributed by atoms with Crippen molar-refractivity contribution in [3.63, 3.8) is 0 Å². The minimum Gasteiger partial charge on any atom is -0.328 e. The van der Waals surface area contributed by atoms with Gasteiger partial charge in [0.25, 0.3) is 5.56 Å². The number of ketones is 1. The van der Waals surface area contributed by atoms with E-state index in [1.807, 2.05) is 13.8 Å². The molecule has 2 aromatic heterocycles. The third-order valence-corrected chi connectivity index (χ3v) is 2.76. The zero-order valence-corrected chi connectivity index (χ0v) is 11.6. The van der Waals surface area contributed by atoms with Crippen LogP contribution in [0.5, 0.6) is 0 Å². The lowest BCUT2D eigenvalue weighted by molar-refractivity contribution is -0.118. The Kier molecular flexibility index (Phi) is 4.80. The van der Waals surface area contributed by atoms with Crippen LogP contribution >= 0.6 is 0 Å². The molecule has 1 N–H and O–H groups in total. The number of nitrogens with one attached hydrogen (secondary N) is 1. The maximum absolute atomic E-state index is 11.3. The van der Waals surface area contributed by atoms with Crippen LogP contribution in [0.2, 0.25) is 0 Å². The Bertz CT molecular complexity index is 687. The number of hydrogen-bond acceptors (Lipinski definition) is 4. The first kappa shape index (κ1) is 14.9. The fourth-order valence-electron chi connectivity index (χ4n) is 1.51. The second-order valence-corrected chi connectivity index (χ2v) is 4.09. The molecule has 0 atom stereocenters. The SMILES string of the molecule is CCC(=O)CC.Cn1cnc2c1c(=O)[nH]c(=O)n2C. The average Bonchev–Trinajstić information content (AvgIpc) is 2.78. The number of aromatic nitrogens is 4. The number of H-pyrrole nitrogens is 1. The van der Waals surface area contributed by atoms with E-state index in [9.17, 15) is 14.4 Å². The Labute approximate surface area is 109 Å². The van der Waals surface area contributed by atoms with Crippen molar-refractivity contribution in [2.75, 3.05) is 0 Å². The van der Waals surface area contributed by atoms with Gasteiger partial charge in [0.15, 0.2) is 11.2 Å². The van der Waals surface area contributed by atoms with E-state index in [-0.39, 0.29) is 0 Å². The molecule has 7 nitrogen and oxygen atoms in total. The lowest BCUT2D eigenvalue weighted by atomic mass is 10.3. The molecule has 0 radical (unpaired) electrons. The quantitative estimate of drug-likeness (QED) is 0.848. The molecule has 0 amide bonds. The second kappa shape index (κ2) is 6.12. The highest BCUT2D eigenvalue weighted by atomic mass is 16.2. The van der Waals surface area contributed by atoms with E-state index < -0.39 is 11.2 Å². The van der Waals surface area contributed by atoms with Crippen LogP contribution in [0, 0.1) is 0 Å². The Morgan fingerprint density at radius 3 is 2.32 bits per heavy atom. The smallest absolute Gasteiger partial charge is 0.328 e. The fraction of sp³-hybridized carbons (Fsp3) is 0.500. The van der Waals surface area contributed by atoms with Gasteiger partial charge in [0, 0.05) is 26.9 Å². The van der Waals surface area contributed by atoms with Gasteiger partial charge in [0.2, 0.25) is 0 Å². The largest absolute Gasteiger partial charge is 0.329 e. The van der Waals surface area contributed by atoms with E-state index in [4.69, 9.17) is 0 Å². The fourth-order valence-corrected chi connectivity index (χ4v) is 1.51. The van der Waals surface area contributed by atoms with Crippen molar-refractivity contribution in [3.05, 3.63) is 27.2 Å². The molecule has 2 aromatic rings. The topological polar surface area (TPSA) is 89.8 Å². The lowest BCUT2D eigenvalue weighted by Gasteiger charge is -1.97. The number of hydrogen-bond donors (Lipinski definition) is 1. The zero-order valence-electron chi connectivity index (χ0n) is 11.6. The van der Waals surface area contributed by atoms with Crippen LogP contribution in [0.25, 0.3) is 11.2 Å². The molecule has 7 heteroatoms. The minimum absolute atomic E-state index is 0.343. The summed E-state index contributed by atoms with van der Waals surface area (Å²) >= 11 is 0. The number of carbonyl (C=O) groups excluding carboxylic acids is 1. The van der Waals surface area contributed by atoms with Crippen molar-refractivity contribution in [2.45, 2.75) is 26.7 Å². The molecule has 0 fully saturated rings. The van der Waals surface area contributed by atoms with E-state index >= 15 is 0 Å². The number of Topliss-reactive ketones (excluding diaryl/α,β-unsaturated/α-hetero) is 1. The van der Waals surface area contributed by atoms with Crippen LogP contribution in [0.4, 0.5) is 0 Å². The Hall–Kier alpha value is -2.18. The number of aromatic amines is 1. The summed E-state index contributed by atoms with van der Waals surface area (Å²) in [6.45, 7) is 3.76. The van der Waals surface area contributed by atoms with E-state index in [1.54, 1.807) is 18.7 Å². The van der Waals surface area contributed by atoms with Gasteiger partial charge in [-0.25, -0.2) is 9.78 Å². The molecular weight excluding hydrogens is 248 g/mol.